The van der Waals surface area contributed by atoms with Crippen LogP contribution in [0.15, 0.2) is 18.2 Å². The van der Waals surface area contributed by atoms with Crippen molar-refractivity contribution >= 4 is 11.8 Å². The first kappa shape index (κ1) is 14.4. The van der Waals surface area contributed by atoms with Crippen LogP contribution in [0.25, 0.3) is 0 Å². The molecule has 0 aliphatic carbocycles. The fourth-order valence-electron chi connectivity index (χ4n) is 1.79. The number of hydrogen-bond acceptors (Lipinski definition) is 2. The van der Waals surface area contributed by atoms with Gasteiger partial charge >= 0.3 is 5.97 Å². The third kappa shape index (κ3) is 3.42. The average Bonchev–Trinajstić information content (AvgIpc) is 2.25. The van der Waals surface area contributed by atoms with Gasteiger partial charge in [-0.2, -0.15) is 0 Å². The van der Waals surface area contributed by atoms with Crippen LogP contribution in [-0.4, -0.2) is 16.9 Å². The molecule has 3 heteroatoms. The molecule has 0 amide bonds. The number of carboxylic acids is 1. The normalized spacial score (nSPS) is 11.3. The molecule has 0 aliphatic rings. The van der Waals surface area contributed by atoms with Gasteiger partial charge in [-0.25, -0.2) is 0 Å². The van der Waals surface area contributed by atoms with Crippen LogP contribution >= 0.6 is 0 Å². The van der Waals surface area contributed by atoms with E-state index in [0.29, 0.717) is 12.0 Å². The van der Waals surface area contributed by atoms with E-state index in [4.69, 9.17) is 5.11 Å². The summed E-state index contributed by atoms with van der Waals surface area (Å²) in [6, 6.07) is 5.69. The molecular formula is C15H20O3. The molecule has 0 saturated heterocycles. The second kappa shape index (κ2) is 5.34. The average molecular weight is 248 g/mol. The predicted octanol–water partition coefficient (Wildman–Crippen LogP) is 3.38. The Kier molecular flexibility index (Phi) is 4.28. The van der Waals surface area contributed by atoms with Crippen molar-refractivity contribution in [1.29, 1.82) is 0 Å². The van der Waals surface area contributed by atoms with Gasteiger partial charge in [-0.1, -0.05) is 23.8 Å². The van der Waals surface area contributed by atoms with Gasteiger partial charge in [0.1, 0.15) is 0 Å². The number of ketones is 1. The number of benzene rings is 1. The number of aryl methyl sites for hydroxylation is 2. The second-order valence-corrected chi connectivity index (χ2v) is 5.43. The number of hydrogen-bond donors (Lipinski definition) is 1. The standard InChI is InChI=1S/C15H20O3/c1-10-5-6-12(11(2)9-10)13(16)7-8-15(3,4)14(17)18/h5-6,9H,7-8H2,1-4H3,(H,17,18). The van der Waals surface area contributed by atoms with Crippen LogP contribution in [0.5, 0.6) is 0 Å². The van der Waals surface area contributed by atoms with Crippen molar-refractivity contribution in [3.8, 4) is 0 Å². The van der Waals surface area contributed by atoms with Gasteiger partial charge in [0.15, 0.2) is 5.78 Å². The molecule has 0 heterocycles. The molecule has 0 unspecified atom stereocenters. The van der Waals surface area contributed by atoms with Crippen LogP contribution < -0.4 is 0 Å². The maximum absolute atomic E-state index is 12.1. The number of carbonyl (C=O) groups is 2. The van der Waals surface area contributed by atoms with E-state index < -0.39 is 11.4 Å². The minimum absolute atomic E-state index is 0.0156. The topological polar surface area (TPSA) is 54.4 Å². The molecule has 0 fully saturated rings. The molecule has 1 rings (SSSR count). The van der Waals surface area contributed by atoms with Gasteiger partial charge in [-0.3, -0.25) is 9.59 Å². The molecule has 0 atom stereocenters. The van der Waals surface area contributed by atoms with Crippen LogP contribution in [-0.2, 0) is 4.79 Å². The predicted molar refractivity (Wildman–Crippen MR) is 70.9 cm³/mol. The summed E-state index contributed by atoms with van der Waals surface area (Å²) in [5.74, 6) is -0.849. The monoisotopic (exact) mass is 248 g/mol. The highest BCUT2D eigenvalue weighted by molar-refractivity contribution is 5.97. The Morgan fingerprint density at radius 3 is 2.33 bits per heavy atom. The summed E-state index contributed by atoms with van der Waals surface area (Å²) in [5.41, 5.74) is 1.92. The number of carboxylic acid groups (broad SMARTS) is 1. The molecule has 0 aliphatic heterocycles. The van der Waals surface area contributed by atoms with E-state index in [9.17, 15) is 9.59 Å². The van der Waals surface area contributed by atoms with Crippen molar-refractivity contribution in [1.82, 2.24) is 0 Å². The van der Waals surface area contributed by atoms with Crippen molar-refractivity contribution in [2.24, 2.45) is 5.41 Å². The summed E-state index contributed by atoms with van der Waals surface area (Å²) < 4.78 is 0. The van der Waals surface area contributed by atoms with Gasteiger partial charge in [-0.15, -0.1) is 0 Å². The lowest BCUT2D eigenvalue weighted by molar-refractivity contribution is -0.147. The molecule has 0 saturated carbocycles. The Morgan fingerprint density at radius 2 is 1.83 bits per heavy atom. The van der Waals surface area contributed by atoms with Crippen LogP contribution in [0.4, 0.5) is 0 Å². The fraction of sp³-hybridized carbons (Fsp3) is 0.467. The molecule has 3 nitrogen and oxygen atoms in total. The highest BCUT2D eigenvalue weighted by atomic mass is 16.4. The lowest BCUT2D eigenvalue weighted by Crippen LogP contribution is -2.24. The Hall–Kier alpha value is -1.64. The second-order valence-electron chi connectivity index (χ2n) is 5.43. The Balaban J connectivity index is 2.75. The highest BCUT2D eigenvalue weighted by Crippen LogP contribution is 2.24. The first-order valence-electron chi connectivity index (χ1n) is 6.08. The van der Waals surface area contributed by atoms with Crippen molar-refractivity contribution in [3.63, 3.8) is 0 Å². The van der Waals surface area contributed by atoms with Crippen LogP contribution in [0.1, 0.15) is 48.2 Å². The SMILES string of the molecule is Cc1ccc(C(=O)CCC(C)(C)C(=O)O)c(C)c1. The van der Waals surface area contributed by atoms with E-state index in [0.717, 1.165) is 11.1 Å². The summed E-state index contributed by atoms with van der Waals surface area (Å²) in [6.07, 6.45) is 0.623. The fourth-order valence-corrected chi connectivity index (χ4v) is 1.79. The first-order chi connectivity index (χ1) is 8.24. The van der Waals surface area contributed by atoms with Gasteiger partial charge in [0, 0.05) is 12.0 Å². The summed E-state index contributed by atoms with van der Waals surface area (Å²) in [4.78, 5) is 23.0. The zero-order valence-corrected chi connectivity index (χ0v) is 11.4. The van der Waals surface area contributed by atoms with Gasteiger partial charge in [0.25, 0.3) is 0 Å². The van der Waals surface area contributed by atoms with E-state index in [2.05, 4.69) is 0 Å². The molecule has 0 aromatic heterocycles. The van der Waals surface area contributed by atoms with Crippen LogP contribution in [0.3, 0.4) is 0 Å². The molecular weight excluding hydrogens is 228 g/mol. The van der Waals surface area contributed by atoms with E-state index in [1.165, 1.54) is 0 Å². The van der Waals surface area contributed by atoms with E-state index in [1.54, 1.807) is 13.8 Å². The smallest absolute Gasteiger partial charge is 0.309 e. The third-order valence-electron chi connectivity index (χ3n) is 3.24. The van der Waals surface area contributed by atoms with Crippen LogP contribution in [0, 0.1) is 19.3 Å². The molecule has 18 heavy (non-hydrogen) atoms. The zero-order valence-electron chi connectivity index (χ0n) is 11.4. The number of rotatable bonds is 5. The lowest BCUT2D eigenvalue weighted by atomic mass is 9.86. The lowest BCUT2D eigenvalue weighted by Gasteiger charge is -2.18. The van der Waals surface area contributed by atoms with E-state index in [-0.39, 0.29) is 12.2 Å². The summed E-state index contributed by atoms with van der Waals surface area (Å²) in [7, 11) is 0. The zero-order chi connectivity index (χ0) is 13.9. The van der Waals surface area contributed by atoms with Gasteiger partial charge in [0.2, 0.25) is 0 Å². The molecule has 1 aromatic carbocycles. The summed E-state index contributed by atoms with van der Waals surface area (Å²) in [6.45, 7) is 7.17. The van der Waals surface area contributed by atoms with Crippen molar-refractivity contribution < 1.29 is 14.7 Å². The van der Waals surface area contributed by atoms with Crippen LogP contribution in [0.2, 0.25) is 0 Å². The molecule has 1 aromatic rings. The van der Waals surface area contributed by atoms with Gasteiger partial charge in [-0.05, 0) is 39.7 Å². The van der Waals surface area contributed by atoms with Gasteiger partial charge < -0.3 is 5.11 Å². The molecule has 0 radical (unpaired) electrons. The van der Waals surface area contributed by atoms with Gasteiger partial charge in [0.05, 0.1) is 5.41 Å². The quantitative estimate of drug-likeness (QED) is 0.813. The Labute approximate surface area is 108 Å². The summed E-state index contributed by atoms with van der Waals surface area (Å²) >= 11 is 0. The minimum Gasteiger partial charge on any atom is -0.481 e. The summed E-state index contributed by atoms with van der Waals surface area (Å²) in [5, 5.41) is 9.00. The number of carbonyl (C=O) groups excluding carboxylic acids is 1. The molecule has 0 bridgehead atoms. The Morgan fingerprint density at radius 1 is 1.22 bits per heavy atom. The van der Waals surface area contributed by atoms with Crippen molar-refractivity contribution in [3.05, 3.63) is 34.9 Å². The Bertz CT molecular complexity index is 473. The maximum atomic E-state index is 12.1. The molecule has 98 valence electrons. The number of aliphatic carboxylic acids is 1. The maximum Gasteiger partial charge on any atom is 0.309 e. The molecule has 1 N–H and O–H groups in total. The van der Waals surface area contributed by atoms with E-state index >= 15 is 0 Å². The van der Waals surface area contributed by atoms with Crippen molar-refractivity contribution in [2.45, 2.75) is 40.5 Å². The minimum atomic E-state index is -0.865. The van der Waals surface area contributed by atoms with Crippen molar-refractivity contribution in [2.75, 3.05) is 0 Å². The molecule has 0 spiro atoms. The highest BCUT2D eigenvalue weighted by Gasteiger charge is 2.27. The van der Waals surface area contributed by atoms with E-state index in [1.807, 2.05) is 32.0 Å². The largest absolute Gasteiger partial charge is 0.481 e. The number of Topliss-reactive ketones (excluding diaryl/α,β-unsaturated/α-hetero) is 1. The first-order valence-corrected chi connectivity index (χ1v) is 6.08. The third-order valence-corrected chi connectivity index (χ3v) is 3.24.